The Morgan fingerprint density at radius 2 is 1.71 bits per heavy atom. The zero-order valence-corrected chi connectivity index (χ0v) is 18.0. The number of carbonyl (C=O) groups is 2. The van der Waals surface area contributed by atoms with Crippen molar-refractivity contribution in [2.75, 3.05) is 39.3 Å². The van der Waals surface area contributed by atoms with Crippen molar-refractivity contribution in [2.45, 2.75) is 38.0 Å². The van der Waals surface area contributed by atoms with Crippen LogP contribution < -0.4 is 5.32 Å². The number of piperazine rings is 1. The van der Waals surface area contributed by atoms with Crippen molar-refractivity contribution in [3.8, 4) is 0 Å². The molecule has 3 aliphatic rings. The van der Waals surface area contributed by atoms with Crippen LogP contribution in [0.25, 0.3) is 0 Å². The standard InChI is InChI=1S/C22H30BrN3O2/c23-18-7-5-16(6-8-18)19-15-20(19)21(27)24-9-10-25-11-13-26(14-12-25)22(28)17-3-1-2-4-17/h5-8,17,19-20H,1-4,9-15H2,(H,24,27). The van der Waals surface area contributed by atoms with E-state index in [9.17, 15) is 9.59 Å². The van der Waals surface area contributed by atoms with Gasteiger partial charge in [-0.3, -0.25) is 14.5 Å². The Kier molecular flexibility index (Phi) is 6.36. The molecule has 0 radical (unpaired) electrons. The third-order valence-electron chi connectivity index (χ3n) is 6.54. The molecule has 0 aromatic heterocycles. The largest absolute Gasteiger partial charge is 0.355 e. The molecule has 1 aromatic rings. The fourth-order valence-corrected chi connectivity index (χ4v) is 4.92. The summed E-state index contributed by atoms with van der Waals surface area (Å²) in [7, 11) is 0. The number of rotatable bonds is 6. The minimum atomic E-state index is 0.127. The molecule has 5 nitrogen and oxygen atoms in total. The van der Waals surface area contributed by atoms with Gasteiger partial charge in [0.25, 0.3) is 0 Å². The Balaban J connectivity index is 1.13. The number of carbonyl (C=O) groups excluding carboxylic acids is 2. The summed E-state index contributed by atoms with van der Waals surface area (Å²) in [5, 5.41) is 3.11. The summed E-state index contributed by atoms with van der Waals surface area (Å²) in [6.07, 6.45) is 5.52. The van der Waals surface area contributed by atoms with E-state index >= 15 is 0 Å². The Hall–Kier alpha value is -1.40. The maximum Gasteiger partial charge on any atom is 0.225 e. The normalized spacial score (nSPS) is 25.7. The summed E-state index contributed by atoms with van der Waals surface area (Å²) < 4.78 is 1.07. The van der Waals surface area contributed by atoms with E-state index in [1.807, 2.05) is 12.1 Å². The van der Waals surface area contributed by atoms with Crippen LogP contribution in [0.5, 0.6) is 0 Å². The highest BCUT2D eigenvalue weighted by molar-refractivity contribution is 9.10. The number of hydrogen-bond acceptors (Lipinski definition) is 3. The smallest absolute Gasteiger partial charge is 0.225 e. The predicted molar refractivity (Wildman–Crippen MR) is 113 cm³/mol. The molecule has 2 atom stereocenters. The molecule has 3 fully saturated rings. The number of hydrogen-bond donors (Lipinski definition) is 1. The zero-order chi connectivity index (χ0) is 19.5. The van der Waals surface area contributed by atoms with Gasteiger partial charge in [0.05, 0.1) is 0 Å². The third kappa shape index (κ3) is 4.77. The summed E-state index contributed by atoms with van der Waals surface area (Å²) in [5.74, 6) is 1.34. The van der Waals surface area contributed by atoms with Gasteiger partial charge in [0.1, 0.15) is 0 Å². The van der Waals surface area contributed by atoms with Gasteiger partial charge in [-0.1, -0.05) is 40.9 Å². The van der Waals surface area contributed by atoms with E-state index in [2.05, 4.69) is 43.2 Å². The highest BCUT2D eigenvalue weighted by atomic mass is 79.9. The minimum Gasteiger partial charge on any atom is -0.355 e. The second-order valence-corrected chi connectivity index (χ2v) is 9.36. The Bertz CT molecular complexity index is 694. The second kappa shape index (κ2) is 8.95. The molecule has 6 heteroatoms. The van der Waals surface area contributed by atoms with Gasteiger partial charge >= 0.3 is 0 Å². The Morgan fingerprint density at radius 3 is 2.39 bits per heavy atom. The van der Waals surface area contributed by atoms with Gasteiger partial charge in [0.2, 0.25) is 11.8 Å². The summed E-state index contributed by atoms with van der Waals surface area (Å²) in [5.41, 5.74) is 1.26. The van der Waals surface area contributed by atoms with Crippen molar-refractivity contribution in [3.63, 3.8) is 0 Å². The third-order valence-corrected chi connectivity index (χ3v) is 7.07. The van der Waals surface area contributed by atoms with Crippen LogP contribution in [0.15, 0.2) is 28.7 Å². The maximum absolute atomic E-state index is 12.5. The first-order valence-electron chi connectivity index (χ1n) is 10.7. The van der Waals surface area contributed by atoms with Gasteiger partial charge in [-0.25, -0.2) is 0 Å². The molecule has 1 saturated heterocycles. The number of halogens is 1. The summed E-state index contributed by atoms with van der Waals surface area (Å²) in [6, 6.07) is 8.29. The SMILES string of the molecule is O=C(NCCN1CCN(C(=O)C2CCCC2)CC1)C1CC1c1ccc(Br)cc1. The summed E-state index contributed by atoms with van der Waals surface area (Å²) in [6.45, 7) is 5.06. The van der Waals surface area contributed by atoms with Crippen LogP contribution in [0, 0.1) is 11.8 Å². The lowest BCUT2D eigenvalue weighted by Crippen LogP contribution is -2.51. The van der Waals surface area contributed by atoms with Crippen molar-refractivity contribution in [1.82, 2.24) is 15.1 Å². The highest BCUT2D eigenvalue weighted by Gasteiger charge is 2.43. The van der Waals surface area contributed by atoms with Crippen LogP contribution in [-0.2, 0) is 9.59 Å². The molecule has 2 amide bonds. The molecular formula is C22H30BrN3O2. The van der Waals surface area contributed by atoms with Gasteiger partial charge < -0.3 is 10.2 Å². The number of nitrogens with zero attached hydrogens (tertiary/aromatic N) is 2. The highest BCUT2D eigenvalue weighted by Crippen LogP contribution is 2.47. The molecule has 2 unspecified atom stereocenters. The van der Waals surface area contributed by atoms with Gasteiger partial charge in [0.15, 0.2) is 0 Å². The topological polar surface area (TPSA) is 52.7 Å². The van der Waals surface area contributed by atoms with Gasteiger partial charge in [-0.15, -0.1) is 0 Å². The van der Waals surface area contributed by atoms with Crippen molar-refractivity contribution in [2.24, 2.45) is 11.8 Å². The lowest BCUT2D eigenvalue weighted by Gasteiger charge is -2.36. The van der Waals surface area contributed by atoms with E-state index in [0.717, 1.165) is 56.5 Å². The fraction of sp³-hybridized carbons (Fsp3) is 0.636. The molecule has 0 spiro atoms. The summed E-state index contributed by atoms with van der Waals surface area (Å²) >= 11 is 3.45. The predicted octanol–water partition coefficient (Wildman–Crippen LogP) is 3.00. The molecule has 1 heterocycles. The number of nitrogens with one attached hydrogen (secondary N) is 1. The molecule has 2 aliphatic carbocycles. The Labute approximate surface area is 176 Å². The van der Waals surface area contributed by atoms with E-state index < -0.39 is 0 Å². The van der Waals surface area contributed by atoms with Crippen LogP contribution in [0.1, 0.15) is 43.6 Å². The fourth-order valence-electron chi connectivity index (χ4n) is 4.65. The molecule has 1 aromatic carbocycles. The maximum atomic E-state index is 12.5. The first kappa shape index (κ1) is 19.9. The van der Waals surface area contributed by atoms with Gasteiger partial charge in [-0.05, 0) is 42.9 Å². The average Bonchev–Trinajstić information content (AvgIpc) is 3.33. The van der Waals surface area contributed by atoms with E-state index in [-0.39, 0.29) is 17.7 Å². The van der Waals surface area contributed by atoms with E-state index in [1.165, 1.54) is 18.4 Å². The molecule has 4 rings (SSSR count). The van der Waals surface area contributed by atoms with E-state index in [4.69, 9.17) is 0 Å². The molecule has 152 valence electrons. The van der Waals surface area contributed by atoms with Crippen LogP contribution in [0.3, 0.4) is 0 Å². The second-order valence-electron chi connectivity index (χ2n) is 8.44. The number of amides is 2. The molecule has 28 heavy (non-hydrogen) atoms. The number of benzene rings is 1. The molecule has 1 aliphatic heterocycles. The van der Waals surface area contributed by atoms with Crippen molar-refractivity contribution >= 4 is 27.7 Å². The average molecular weight is 448 g/mol. The van der Waals surface area contributed by atoms with Crippen molar-refractivity contribution in [1.29, 1.82) is 0 Å². The molecule has 2 saturated carbocycles. The van der Waals surface area contributed by atoms with Gasteiger partial charge in [0, 0.05) is 55.6 Å². The molecule has 0 bridgehead atoms. The first-order valence-corrected chi connectivity index (χ1v) is 11.5. The van der Waals surface area contributed by atoms with Crippen LogP contribution in [-0.4, -0.2) is 60.9 Å². The monoisotopic (exact) mass is 447 g/mol. The van der Waals surface area contributed by atoms with E-state index in [0.29, 0.717) is 18.4 Å². The zero-order valence-electron chi connectivity index (χ0n) is 16.4. The van der Waals surface area contributed by atoms with Crippen LogP contribution >= 0.6 is 15.9 Å². The molecule has 1 N–H and O–H groups in total. The van der Waals surface area contributed by atoms with Crippen LogP contribution in [0.4, 0.5) is 0 Å². The molecular weight excluding hydrogens is 418 g/mol. The quantitative estimate of drug-likeness (QED) is 0.728. The first-order chi connectivity index (χ1) is 13.6. The Morgan fingerprint density at radius 1 is 1.04 bits per heavy atom. The van der Waals surface area contributed by atoms with Crippen molar-refractivity contribution in [3.05, 3.63) is 34.3 Å². The lowest BCUT2D eigenvalue weighted by molar-refractivity contribution is -0.137. The van der Waals surface area contributed by atoms with Crippen molar-refractivity contribution < 1.29 is 9.59 Å². The van der Waals surface area contributed by atoms with Gasteiger partial charge in [-0.2, -0.15) is 0 Å². The minimum absolute atomic E-state index is 0.127. The van der Waals surface area contributed by atoms with E-state index in [1.54, 1.807) is 0 Å². The lowest BCUT2D eigenvalue weighted by atomic mass is 10.1. The van der Waals surface area contributed by atoms with Crippen LogP contribution in [0.2, 0.25) is 0 Å². The summed E-state index contributed by atoms with van der Waals surface area (Å²) in [4.78, 5) is 29.3.